The Kier molecular flexibility index (Phi) is 2.07. The number of aryl methyl sites for hydroxylation is 1. The van der Waals surface area contributed by atoms with Crippen LogP contribution in [0.5, 0.6) is 0 Å². The Labute approximate surface area is 114 Å². The average Bonchev–Trinajstić information content (AvgIpc) is 2.38. The quantitative estimate of drug-likeness (QED) is 0.696. The Balaban J connectivity index is 1.90. The molecule has 2 heterocycles. The number of para-hydroxylation sites is 1. The molecule has 1 aromatic rings. The van der Waals surface area contributed by atoms with Crippen LogP contribution in [0.15, 0.2) is 18.2 Å². The van der Waals surface area contributed by atoms with E-state index in [-0.39, 0.29) is 0 Å². The van der Waals surface area contributed by atoms with Gasteiger partial charge in [-0.3, -0.25) is 4.79 Å². The molecule has 2 fully saturated rings. The normalized spacial score (nSPS) is 34.4. The zero-order valence-electron chi connectivity index (χ0n) is 11.9. The van der Waals surface area contributed by atoms with Crippen molar-refractivity contribution in [3.05, 3.63) is 29.3 Å². The van der Waals surface area contributed by atoms with Gasteiger partial charge in [-0.15, -0.1) is 0 Å². The lowest BCUT2D eigenvalue weighted by molar-refractivity contribution is -0.133. The van der Waals surface area contributed by atoms with Crippen LogP contribution in [0.4, 0.5) is 5.69 Å². The van der Waals surface area contributed by atoms with E-state index >= 15 is 0 Å². The Morgan fingerprint density at radius 1 is 1.26 bits per heavy atom. The van der Waals surface area contributed by atoms with Crippen LogP contribution in [0.2, 0.25) is 0 Å². The summed E-state index contributed by atoms with van der Waals surface area (Å²) in [7, 11) is 0. The molecule has 0 N–H and O–H groups in total. The van der Waals surface area contributed by atoms with Crippen LogP contribution in [0.3, 0.4) is 0 Å². The number of anilines is 1. The van der Waals surface area contributed by atoms with Gasteiger partial charge in [0.1, 0.15) is 0 Å². The molecule has 1 saturated carbocycles. The second-order valence-corrected chi connectivity index (χ2v) is 7.11. The smallest absolute Gasteiger partial charge is 0.227 e. The van der Waals surface area contributed by atoms with Crippen molar-refractivity contribution in [3.63, 3.8) is 0 Å². The molecular formula is C17H21NO. The molecule has 0 bridgehead atoms. The first-order valence-electron chi connectivity index (χ1n) is 7.42. The molecule has 1 aliphatic carbocycles. The minimum atomic E-state index is 0.344. The second kappa shape index (κ2) is 3.41. The summed E-state index contributed by atoms with van der Waals surface area (Å²) in [5, 5.41) is 0. The van der Waals surface area contributed by atoms with E-state index in [0.29, 0.717) is 29.2 Å². The van der Waals surface area contributed by atoms with E-state index in [2.05, 4.69) is 43.9 Å². The maximum atomic E-state index is 12.4. The highest BCUT2D eigenvalue weighted by atomic mass is 16.2. The Bertz CT molecular complexity index is 575. The number of nitrogens with zero attached hydrogens (tertiary/aromatic N) is 1. The SMILES string of the molecule is Cc1cccc2c1N1C(=O)CC[C@H]3[C@H]1[C@H](C2)C3(C)C. The fourth-order valence-electron chi connectivity index (χ4n) is 4.91. The van der Waals surface area contributed by atoms with Gasteiger partial charge in [-0.2, -0.15) is 0 Å². The van der Waals surface area contributed by atoms with Gasteiger partial charge < -0.3 is 4.90 Å². The van der Waals surface area contributed by atoms with Gasteiger partial charge in [0, 0.05) is 12.5 Å². The van der Waals surface area contributed by atoms with Crippen molar-refractivity contribution in [1.82, 2.24) is 0 Å². The summed E-state index contributed by atoms with van der Waals surface area (Å²) in [4.78, 5) is 14.6. The summed E-state index contributed by atoms with van der Waals surface area (Å²) >= 11 is 0. The zero-order valence-corrected chi connectivity index (χ0v) is 11.9. The molecule has 1 saturated heterocycles. The van der Waals surface area contributed by atoms with Crippen LogP contribution < -0.4 is 4.90 Å². The predicted molar refractivity (Wildman–Crippen MR) is 76.2 cm³/mol. The molecule has 2 nitrogen and oxygen atoms in total. The number of amides is 1. The molecule has 0 unspecified atom stereocenters. The number of rotatable bonds is 0. The molecule has 1 aromatic carbocycles. The van der Waals surface area contributed by atoms with Crippen molar-refractivity contribution in [1.29, 1.82) is 0 Å². The minimum Gasteiger partial charge on any atom is -0.308 e. The number of carbonyl (C=O) groups is 1. The van der Waals surface area contributed by atoms with Crippen LogP contribution in [-0.2, 0) is 11.2 Å². The monoisotopic (exact) mass is 255 g/mol. The number of hydrogen-bond donors (Lipinski definition) is 0. The van der Waals surface area contributed by atoms with Gasteiger partial charge in [0.05, 0.1) is 5.69 Å². The Morgan fingerprint density at radius 3 is 2.84 bits per heavy atom. The highest BCUT2D eigenvalue weighted by Crippen LogP contribution is 2.61. The number of benzene rings is 1. The van der Waals surface area contributed by atoms with Crippen LogP contribution in [0.25, 0.3) is 0 Å². The Hall–Kier alpha value is -1.31. The number of carbonyl (C=O) groups excluding carboxylic acids is 1. The van der Waals surface area contributed by atoms with E-state index in [9.17, 15) is 4.79 Å². The van der Waals surface area contributed by atoms with E-state index in [1.807, 2.05) is 0 Å². The van der Waals surface area contributed by atoms with Crippen molar-refractivity contribution in [2.24, 2.45) is 17.3 Å². The molecule has 4 rings (SSSR count). The van der Waals surface area contributed by atoms with Gasteiger partial charge in [0.25, 0.3) is 0 Å². The number of hydrogen-bond acceptors (Lipinski definition) is 1. The third kappa shape index (κ3) is 1.25. The third-order valence-corrected chi connectivity index (χ3v) is 5.97. The summed E-state index contributed by atoms with van der Waals surface area (Å²) in [5.41, 5.74) is 4.26. The van der Waals surface area contributed by atoms with E-state index in [1.165, 1.54) is 16.8 Å². The highest BCUT2D eigenvalue weighted by molar-refractivity contribution is 5.97. The minimum absolute atomic E-state index is 0.344. The van der Waals surface area contributed by atoms with E-state index in [0.717, 1.165) is 19.3 Å². The predicted octanol–water partition coefficient (Wildman–Crippen LogP) is 3.32. The third-order valence-electron chi connectivity index (χ3n) is 5.97. The lowest BCUT2D eigenvalue weighted by Crippen LogP contribution is -2.70. The molecule has 2 heteroatoms. The van der Waals surface area contributed by atoms with Crippen molar-refractivity contribution >= 4 is 11.6 Å². The lowest BCUT2D eigenvalue weighted by atomic mass is 9.46. The van der Waals surface area contributed by atoms with Gasteiger partial charge in [-0.25, -0.2) is 0 Å². The Morgan fingerprint density at radius 2 is 2.05 bits per heavy atom. The van der Waals surface area contributed by atoms with E-state index in [4.69, 9.17) is 0 Å². The maximum absolute atomic E-state index is 12.4. The van der Waals surface area contributed by atoms with E-state index in [1.54, 1.807) is 0 Å². The fraction of sp³-hybridized carbons (Fsp3) is 0.588. The van der Waals surface area contributed by atoms with Crippen LogP contribution >= 0.6 is 0 Å². The molecule has 0 spiro atoms. The molecule has 1 amide bonds. The first kappa shape index (κ1) is 11.5. The topological polar surface area (TPSA) is 20.3 Å². The molecular weight excluding hydrogens is 234 g/mol. The van der Waals surface area contributed by atoms with Gasteiger partial charge in [0.15, 0.2) is 0 Å². The van der Waals surface area contributed by atoms with Crippen molar-refractivity contribution in [2.45, 2.75) is 46.1 Å². The standard InChI is InChI=1S/C17H21NO/c1-10-5-4-6-11-9-13-16-12(17(13,2)3)7-8-14(19)18(16)15(10)11/h4-6,12-13,16H,7-9H2,1-3H3/t12-,13-,16-/m0/s1. The zero-order chi connectivity index (χ0) is 13.4. The van der Waals surface area contributed by atoms with Crippen LogP contribution in [-0.4, -0.2) is 11.9 Å². The van der Waals surface area contributed by atoms with Gasteiger partial charge in [-0.05, 0) is 48.1 Å². The van der Waals surface area contributed by atoms with Gasteiger partial charge in [0.2, 0.25) is 5.91 Å². The first-order valence-corrected chi connectivity index (χ1v) is 7.42. The van der Waals surface area contributed by atoms with Gasteiger partial charge >= 0.3 is 0 Å². The van der Waals surface area contributed by atoms with Crippen molar-refractivity contribution in [3.8, 4) is 0 Å². The molecule has 3 atom stereocenters. The van der Waals surface area contributed by atoms with Crippen molar-refractivity contribution < 1.29 is 4.79 Å². The van der Waals surface area contributed by atoms with E-state index < -0.39 is 0 Å². The number of piperidine rings is 1. The second-order valence-electron chi connectivity index (χ2n) is 7.11. The summed E-state index contributed by atoms with van der Waals surface area (Å²) in [6.45, 7) is 6.93. The van der Waals surface area contributed by atoms with Crippen molar-refractivity contribution in [2.75, 3.05) is 4.90 Å². The molecule has 3 aliphatic rings. The molecule has 2 aliphatic heterocycles. The van der Waals surface area contributed by atoms with Crippen LogP contribution in [0, 0.1) is 24.2 Å². The molecule has 100 valence electrons. The summed E-state index contributed by atoms with van der Waals surface area (Å²) in [6, 6.07) is 6.96. The first-order chi connectivity index (χ1) is 9.01. The lowest BCUT2D eigenvalue weighted by Gasteiger charge is -2.66. The van der Waals surface area contributed by atoms with Crippen LogP contribution in [0.1, 0.15) is 37.8 Å². The molecule has 19 heavy (non-hydrogen) atoms. The largest absolute Gasteiger partial charge is 0.308 e. The summed E-state index contributed by atoms with van der Waals surface area (Å²) in [5.74, 6) is 1.69. The van der Waals surface area contributed by atoms with Gasteiger partial charge in [-0.1, -0.05) is 32.0 Å². The molecule has 0 aromatic heterocycles. The highest BCUT2D eigenvalue weighted by Gasteiger charge is 2.62. The summed E-state index contributed by atoms with van der Waals surface area (Å²) in [6.07, 6.45) is 2.96. The average molecular weight is 255 g/mol. The molecule has 0 radical (unpaired) electrons. The number of fused-ring (bicyclic) bond motifs is 2. The maximum Gasteiger partial charge on any atom is 0.227 e. The fourth-order valence-corrected chi connectivity index (χ4v) is 4.91. The summed E-state index contributed by atoms with van der Waals surface area (Å²) < 4.78 is 0.